The van der Waals surface area contributed by atoms with Crippen molar-refractivity contribution < 1.29 is 13.9 Å². The van der Waals surface area contributed by atoms with E-state index in [-0.39, 0.29) is 5.91 Å². The minimum Gasteiger partial charge on any atom is -0.497 e. The first kappa shape index (κ1) is 19.1. The van der Waals surface area contributed by atoms with Gasteiger partial charge >= 0.3 is 0 Å². The summed E-state index contributed by atoms with van der Waals surface area (Å²) in [5, 5.41) is 0. The number of amides is 1. The van der Waals surface area contributed by atoms with Crippen LogP contribution in [0.2, 0.25) is 0 Å². The van der Waals surface area contributed by atoms with Gasteiger partial charge in [-0.25, -0.2) is 0 Å². The van der Waals surface area contributed by atoms with Gasteiger partial charge in [0, 0.05) is 25.4 Å². The second-order valence-electron chi connectivity index (χ2n) is 6.67. The van der Waals surface area contributed by atoms with Crippen molar-refractivity contribution in [3.63, 3.8) is 0 Å². The van der Waals surface area contributed by atoms with Gasteiger partial charge in [0.25, 0.3) is 0 Å². The van der Waals surface area contributed by atoms with Crippen LogP contribution >= 0.6 is 0 Å². The smallest absolute Gasteiger partial charge is 0.222 e. The van der Waals surface area contributed by atoms with Gasteiger partial charge in [0.2, 0.25) is 5.91 Å². The molecule has 0 N–H and O–H groups in total. The third kappa shape index (κ3) is 5.38. The van der Waals surface area contributed by atoms with Crippen molar-refractivity contribution in [3.05, 3.63) is 54.0 Å². The van der Waals surface area contributed by atoms with Crippen LogP contribution in [0.1, 0.15) is 50.9 Å². The highest BCUT2D eigenvalue weighted by atomic mass is 16.5. The van der Waals surface area contributed by atoms with E-state index in [9.17, 15) is 4.79 Å². The molecular formula is C21H29NO3. The van der Waals surface area contributed by atoms with E-state index in [4.69, 9.17) is 9.15 Å². The van der Waals surface area contributed by atoms with Gasteiger partial charge in [-0.05, 0) is 42.2 Å². The average molecular weight is 343 g/mol. The Bertz CT molecular complexity index is 632. The molecule has 1 aromatic carbocycles. The normalized spacial score (nSPS) is 12.2. The van der Waals surface area contributed by atoms with Gasteiger partial charge in [0.15, 0.2) is 0 Å². The van der Waals surface area contributed by atoms with E-state index >= 15 is 0 Å². The van der Waals surface area contributed by atoms with Crippen LogP contribution in [-0.4, -0.2) is 24.5 Å². The average Bonchev–Trinajstić information content (AvgIpc) is 3.14. The maximum Gasteiger partial charge on any atom is 0.222 e. The Morgan fingerprint density at radius 3 is 2.44 bits per heavy atom. The third-order valence-corrected chi connectivity index (χ3v) is 4.61. The lowest BCUT2D eigenvalue weighted by Crippen LogP contribution is -2.32. The van der Waals surface area contributed by atoms with Crippen LogP contribution in [0.3, 0.4) is 0 Å². The molecule has 4 heteroatoms. The van der Waals surface area contributed by atoms with Crippen molar-refractivity contribution >= 4 is 5.91 Å². The zero-order valence-corrected chi connectivity index (χ0v) is 15.7. The fraction of sp³-hybridized carbons (Fsp3) is 0.476. The van der Waals surface area contributed by atoms with Crippen LogP contribution in [0.4, 0.5) is 0 Å². The molecule has 0 radical (unpaired) electrons. The van der Waals surface area contributed by atoms with E-state index in [1.807, 2.05) is 48.2 Å². The Hall–Kier alpha value is -2.23. The summed E-state index contributed by atoms with van der Waals surface area (Å²) in [6.45, 7) is 7.66. The Morgan fingerprint density at radius 1 is 1.20 bits per heavy atom. The van der Waals surface area contributed by atoms with Gasteiger partial charge in [-0.3, -0.25) is 4.79 Å². The molecule has 0 fully saturated rings. The second-order valence-corrected chi connectivity index (χ2v) is 6.67. The molecule has 1 unspecified atom stereocenters. The Morgan fingerprint density at radius 2 is 1.92 bits per heavy atom. The molecule has 0 saturated carbocycles. The molecule has 4 nitrogen and oxygen atoms in total. The third-order valence-electron chi connectivity index (χ3n) is 4.61. The number of rotatable bonds is 9. The molecule has 1 amide bonds. The van der Waals surface area contributed by atoms with Crippen molar-refractivity contribution in [1.82, 2.24) is 4.90 Å². The lowest BCUT2D eigenvalue weighted by molar-refractivity contribution is -0.131. The molecule has 1 heterocycles. The summed E-state index contributed by atoms with van der Waals surface area (Å²) in [4.78, 5) is 14.3. The van der Waals surface area contributed by atoms with Crippen LogP contribution in [0.15, 0.2) is 47.1 Å². The largest absolute Gasteiger partial charge is 0.497 e. The second kappa shape index (κ2) is 9.30. The van der Waals surface area contributed by atoms with Gasteiger partial charge in [0.05, 0.1) is 13.4 Å². The first-order chi connectivity index (χ1) is 12.0. The number of benzene rings is 1. The minimum atomic E-state index is 0.178. The van der Waals surface area contributed by atoms with E-state index in [0.717, 1.165) is 30.0 Å². The number of carbonyl (C=O) groups excluding carboxylic acids is 1. The topological polar surface area (TPSA) is 42.7 Å². The maximum atomic E-state index is 12.4. The van der Waals surface area contributed by atoms with Crippen molar-refractivity contribution in [2.24, 2.45) is 5.92 Å². The predicted octanol–water partition coefficient (Wildman–Crippen LogP) is 4.86. The molecule has 1 aromatic heterocycles. The maximum absolute atomic E-state index is 12.4. The van der Waals surface area contributed by atoms with Crippen molar-refractivity contribution in [3.8, 4) is 5.75 Å². The molecule has 25 heavy (non-hydrogen) atoms. The molecule has 2 aromatic rings. The Labute approximate surface area is 150 Å². The molecule has 0 aliphatic rings. The van der Waals surface area contributed by atoms with Crippen molar-refractivity contribution in [2.45, 2.75) is 46.1 Å². The van der Waals surface area contributed by atoms with Crippen LogP contribution in [0.5, 0.6) is 5.75 Å². The predicted molar refractivity (Wildman–Crippen MR) is 99.6 cm³/mol. The summed E-state index contributed by atoms with van der Waals surface area (Å²) in [6.07, 6.45) is 3.13. The van der Waals surface area contributed by atoms with Crippen molar-refractivity contribution in [1.29, 1.82) is 0 Å². The fourth-order valence-electron chi connectivity index (χ4n) is 3.07. The summed E-state index contributed by atoms with van der Waals surface area (Å²) in [7, 11) is 1.66. The van der Waals surface area contributed by atoms with Gasteiger partial charge in [-0.2, -0.15) is 0 Å². The van der Waals surface area contributed by atoms with E-state index in [2.05, 4.69) is 13.8 Å². The summed E-state index contributed by atoms with van der Waals surface area (Å²) in [5.74, 6) is 2.79. The highest BCUT2D eigenvalue weighted by molar-refractivity contribution is 5.75. The van der Waals surface area contributed by atoms with Crippen LogP contribution in [-0.2, 0) is 11.3 Å². The van der Waals surface area contributed by atoms with Gasteiger partial charge in [0.1, 0.15) is 11.5 Å². The van der Waals surface area contributed by atoms with Crippen LogP contribution in [0.25, 0.3) is 0 Å². The number of ether oxygens (including phenoxy) is 1. The van der Waals surface area contributed by atoms with Gasteiger partial charge < -0.3 is 14.1 Å². The van der Waals surface area contributed by atoms with Crippen LogP contribution in [0, 0.1) is 5.92 Å². The molecule has 0 spiro atoms. The Balaban J connectivity index is 2.05. The fourth-order valence-corrected chi connectivity index (χ4v) is 3.07. The minimum absolute atomic E-state index is 0.178. The first-order valence-electron chi connectivity index (χ1n) is 8.99. The number of hydrogen-bond acceptors (Lipinski definition) is 3. The molecule has 2 rings (SSSR count). The molecule has 0 bridgehead atoms. The lowest BCUT2D eigenvalue weighted by atomic mass is 9.90. The summed E-state index contributed by atoms with van der Waals surface area (Å²) >= 11 is 0. The zero-order chi connectivity index (χ0) is 18.2. The molecule has 0 aliphatic carbocycles. The number of carbonyl (C=O) groups is 1. The van der Waals surface area contributed by atoms with E-state index in [1.54, 1.807) is 13.4 Å². The summed E-state index contributed by atoms with van der Waals surface area (Å²) in [6, 6.07) is 11.9. The number of methoxy groups -OCH3 is 1. The van der Waals surface area contributed by atoms with Gasteiger partial charge in [-0.15, -0.1) is 0 Å². The molecular weight excluding hydrogens is 314 g/mol. The molecule has 1 atom stereocenters. The first-order valence-corrected chi connectivity index (χ1v) is 8.99. The molecule has 0 aliphatic heterocycles. The molecule has 0 saturated heterocycles. The summed E-state index contributed by atoms with van der Waals surface area (Å²) < 4.78 is 10.8. The Kier molecular flexibility index (Phi) is 7.11. The lowest BCUT2D eigenvalue weighted by Gasteiger charge is -2.26. The monoisotopic (exact) mass is 343 g/mol. The number of hydrogen-bond donors (Lipinski definition) is 0. The van der Waals surface area contributed by atoms with Crippen LogP contribution < -0.4 is 4.74 Å². The number of nitrogens with zero attached hydrogens (tertiary/aromatic N) is 1. The highest BCUT2D eigenvalue weighted by Crippen LogP contribution is 2.28. The summed E-state index contributed by atoms with van der Waals surface area (Å²) in [5.41, 5.74) is 1.11. The van der Waals surface area contributed by atoms with E-state index in [1.165, 1.54) is 0 Å². The van der Waals surface area contributed by atoms with Gasteiger partial charge in [-0.1, -0.05) is 32.9 Å². The number of furan rings is 1. The zero-order valence-electron chi connectivity index (χ0n) is 15.7. The van der Waals surface area contributed by atoms with E-state index < -0.39 is 0 Å². The highest BCUT2D eigenvalue weighted by Gasteiger charge is 2.21. The quantitative estimate of drug-likeness (QED) is 0.653. The van der Waals surface area contributed by atoms with Crippen molar-refractivity contribution in [2.75, 3.05) is 13.7 Å². The standard InChI is InChI=1S/C21H29NO3/c1-5-21(23)22(15-17-8-10-18(24-4)11-9-17)13-12-19(16(2)3)20-7-6-14-25-20/h6-11,14,16,19H,5,12-13,15H2,1-4H3. The molecule has 136 valence electrons. The SMILES string of the molecule is CCC(=O)N(CCC(c1ccco1)C(C)C)Cc1ccc(OC)cc1. The van der Waals surface area contributed by atoms with E-state index in [0.29, 0.717) is 24.8 Å².